The second kappa shape index (κ2) is 4.50. The molecular formula is C15H15F2N. The van der Waals surface area contributed by atoms with Crippen LogP contribution in [0.4, 0.5) is 8.78 Å². The minimum Gasteiger partial charge on any atom is -0.318 e. The van der Waals surface area contributed by atoms with Crippen molar-refractivity contribution in [3.8, 4) is 0 Å². The Bertz CT molecular complexity index is 576. The van der Waals surface area contributed by atoms with Crippen molar-refractivity contribution in [3.63, 3.8) is 0 Å². The van der Waals surface area contributed by atoms with E-state index in [1.807, 2.05) is 31.2 Å². The van der Waals surface area contributed by atoms with Gasteiger partial charge in [-0.15, -0.1) is 0 Å². The molecule has 0 aliphatic carbocycles. The van der Waals surface area contributed by atoms with Crippen LogP contribution in [-0.4, -0.2) is 0 Å². The number of nitrogens with two attached hydrogens (primary N) is 1. The summed E-state index contributed by atoms with van der Waals surface area (Å²) in [5.74, 6) is -1.22. The van der Waals surface area contributed by atoms with Gasteiger partial charge in [0.25, 0.3) is 0 Å². The molecule has 0 saturated carbocycles. The first-order chi connectivity index (χ1) is 8.41. The van der Waals surface area contributed by atoms with E-state index in [0.29, 0.717) is 0 Å². The Hall–Kier alpha value is -1.74. The van der Waals surface area contributed by atoms with Crippen LogP contribution < -0.4 is 5.73 Å². The normalized spacial score (nSPS) is 14.3. The lowest BCUT2D eigenvalue weighted by Crippen LogP contribution is -2.35. The van der Waals surface area contributed by atoms with E-state index in [1.54, 1.807) is 6.92 Å². The van der Waals surface area contributed by atoms with Crippen LogP contribution in [0.5, 0.6) is 0 Å². The van der Waals surface area contributed by atoms with Gasteiger partial charge in [-0.3, -0.25) is 0 Å². The zero-order chi connectivity index (χ0) is 13.3. The minimum absolute atomic E-state index is 0.287. The lowest BCUT2D eigenvalue weighted by atomic mass is 9.85. The highest BCUT2D eigenvalue weighted by molar-refractivity contribution is 5.39. The van der Waals surface area contributed by atoms with Crippen molar-refractivity contribution >= 4 is 0 Å². The number of hydrogen-bond acceptors (Lipinski definition) is 1. The summed E-state index contributed by atoms with van der Waals surface area (Å²) in [4.78, 5) is 0. The Morgan fingerprint density at radius 2 is 1.78 bits per heavy atom. The van der Waals surface area contributed by atoms with Gasteiger partial charge in [-0.2, -0.15) is 0 Å². The molecule has 0 radical (unpaired) electrons. The second-order valence-corrected chi connectivity index (χ2v) is 4.70. The predicted octanol–water partition coefficient (Wildman–Crippen LogP) is 3.50. The first-order valence-corrected chi connectivity index (χ1v) is 5.73. The molecule has 1 nitrogen and oxygen atoms in total. The van der Waals surface area contributed by atoms with Gasteiger partial charge in [0.1, 0.15) is 11.6 Å². The molecule has 0 heterocycles. The van der Waals surface area contributed by atoms with Crippen molar-refractivity contribution in [1.82, 2.24) is 0 Å². The Morgan fingerprint density at radius 1 is 1.06 bits per heavy atom. The molecule has 2 aromatic carbocycles. The van der Waals surface area contributed by atoms with E-state index in [0.717, 1.165) is 17.2 Å². The Morgan fingerprint density at radius 3 is 2.39 bits per heavy atom. The van der Waals surface area contributed by atoms with Crippen LogP contribution in [0.15, 0.2) is 42.5 Å². The van der Waals surface area contributed by atoms with Crippen LogP contribution in [-0.2, 0) is 5.54 Å². The molecule has 2 N–H and O–H groups in total. The molecule has 0 fully saturated rings. The summed E-state index contributed by atoms with van der Waals surface area (Å²) in [5, 5.41) is 0. The van der Waals surface area contributed by atoms with Gasteiger partial charge in [0.05, 0.1) is 5.54 Å². The molecule has 0 aliphatic rings. The summed E-state index contributed by atoms with van der Waals surface area (Å²) >= 11 is 0. The second-order valence-electron chi connectivity index (χ2n) is 4.70. The van der Waals surface area contributed by atoms with Crippen molar-refractivity contribution in [2.75, 3.05) is 0 Å². The maximum atomic E-state index is 13.8. The van der Waals surface area contributed by atoms with E-state index in [1.165, 1.54) is 12.1 Å². The lowest BCUT2D eigenvalue weighted by molar-refractivity contribution is 0.517. The van der Waals surface area contributed by atoms with Crippen molar-refractivity contribution in [3.05, 3.63) is 70.8 Å². The molecule has 94 valence electrons. The van der Waals surface area contributed by atoms with E-state index < -0.39 is 17.2 Å². The first-order valence-electron chi connectivity index (χ1n) is 5.73. The summed E-state index contributed by atoms with van der Waals surface area (Å²) in [7, 11) is 0. The maximum Gasteiger partial charge on any atom is 0.131 e. The number of hydrogen-bond donors (Lipinski definition) is 1. The number of rotatable bonds is 2. The van der Waals surface area contributed by atoms with Gasteiger partial charge in [-0.1, -0.05) is 35.9 Å². The van der Waals surface area contributed by atoms with Gasteiger partial charge in [0.15, 0.2) is 0 Å². The lowest BCUT2D eigenvalue weighted by Gasteiger charge is -2.26. The van der Waals surface area contributed by atoms with Crippen LogP contribution in [0.3, 0.4) is 0 Å². The molecule has 2 rings (SSSR count). The molecule has 0 aliphatic heterocycles. The van der Waals surface area contributed by atoms with Gasteiger partial charge in [-0.25, -0.2) is 8.78 Å². The molecule has 0 bridgehead atoms. The van der Waals surface area contributed by atoms with E-state index in [2.05, 4.69) is 0 Å². The third-order valence-corrected chi connectivity index (χ3v) is 3.11. The Labute approximate surface area is 105 Å². The Kier molecular flexibility index (Phi) is 3.18. The molecule has 0 aromatic heterocycles. The van der Waals surface area contributed by atoms with Crippen LogP contribution in [0.25, 0.3) is 0 Å². The summed E-state index contributed by atoms with van der Waals surface area (Å²) in [6.45, 7) is 3.67. The fraction of sp³-hybridized carbons (Fsp3) is 0.200. The summed E-state index contributed by atoms with van der Waals surface area (Å²) in [5.41, 5.74) is 7.37. The van der Waals surface area contributed by atoms with E-state index in [9.17, 15) is 8.78 Å². The monoisotopic (exact) mass is 247 g/mol. The molecule has 1 atom stereocenters. The topological polar surface area (TPSA) is 26.0 Å². The van der Waals surface area contributed by atoms with Crippen molar-refractivity contribution in [1.29, 1.82) is 0 Å². The molecule has 0 saturated heterocycles. The SMILES string of the molecule is Cc1cccc(C(C)(N)c2ccc(F)cc2F)c1. The van der Waals surface area contributed by atoms with E-state index >= 15 is 0 Å². The molecular weight excluding hydrogens is 232 g/mol. The fourth-order valence-electron chi connectivity index (χ4n) is 2.03. The summed E-state index contributed by atoms with van der Waals surface area (Å²) < 4.78 is 26.7. The third-order valence-electron chi connectivity index (χ3n) is 3.11. The first kappa shape index (κ1) is 12.7. The molecule has 3 heteroatoms. The van der Waals surface area contributed by atoms with Crippen LogP contribution in [0, 0.1) is 18.6 Å². The zero-order valence-electron chi connectivity index (χ0n) is 10.4. The highest BCUT2D eigenvalue weighted by atomic mass is 19.1. The van der Waals surface area contributed by atoms with Crippen molar-refractivity contribution < 1.29 is 8.78 Å². The number of aryl methyl sites for hydroxylation is 1. The molecule has 2 aromatic rings. The van der Waals surface area contributed by atoms with Gasteiger partial charge < -0.3 is 5.73 Å². The smallest absolute Gasteiger partial charge is 0.131 e. The van der Waals surface area contributed by atoms with Gasteiger partial charge in [0, 0.05) is 11.6 Å². The number of halogens is 2. The minimum atomic E-state index is -0.982. The standard InChI is InChI=1S/C15H15F2N/c1-10-4-3-5-11(8-10)15(2,18)13-7-6-12(16)9-14(13)17/h3-9H,18H2,1-2H3. The summed E-state index contributed by atoms with van der Waals surface area (Å²) in [6.07, 6.45) is 0. The average Bonchev–Trinajstić information content (AvgIpc) is 2.28. The number of benzene rings is 2. The molecule has 18 heavy (non-hydrogen) atoms. The van der Waals surface area contributed by atoms with Crippen LogP contribution in [0.1, 0.15) is 23.6 Å². The van der Waals surface area contributed by atoms with Crippen LogP contribution in [0.2, 0.25) is 0 Å². The Balaban J connectivity index is 2.53. The van der Waals surface area contributed by atoms with E-state index in [-0.39, 0.29) is 5.56 Å². The zero-order valence-corrected chi connectivity index (χ0v) is 10.4. The predicted molar refractivity (Wildman–Crippen MR) is 68.2 cm³/mol. The highest BCUT2D eigenvalue weighted by Crippen LogP contribution is 2.29. The fourth-order valence-corrected chi connectivity index (χ4v) is 2.03. The van der Waals surface area contributed by atoms with Gasteiger partial charge >= 0.3 is 0 Å². The van der Waals surface area contributed by atoms with Crippen LogP contribution >= 0.6 is 0 Å². The van der Waals surface area contributed by atoms with Gasteiger partial charge in [0.2, 0.25) is 0 Å². The van der Waals surface area contributed by atoms with Crippen molar-refractivity contribution in [2.24, 2.45) is 5.73 Å². The highest BCUT2D eigenvalue weighted by Gasteiger charge is 2.27. The van der Waals surface area contributed by atoms with E-state index in [4.69, 9.17) is 5.73 Å². The maximum absolute atomic E-state index is 13.8. The van der Waals surface area contributed by atoms with Gasteiger partial charge in [-0.05, 0) is 25.5 Å². The average molecular weight is 247 g/mol. The molecule has 0 spiro atoms. The quantitative estimate of drug-likeness (QED) is 0.863. The summed E-state index contributed by atoms with van der Waals surface area (Å²) in [6, 6.07) is 11.0. The third kappa shape index (κ3) is 2.27. The van der Waals surface area contributed by atoms with Crippen molar-refractivity contribution in [2.45, 2.75) is 19.4 Å². The molecule has 1 unspecified atom stereocenters. The largest absolute Gasteiger partial charge is 0.318 e. The molecule has 0 amide bonds.